The van der Waals surface area contributed by atoms with E-state index in [4.69, 9.17) is 4.74 Å². The average molecular weight is 403 g/mol. The van der Waals surface area contributed by atoms with Crippen molar-refractivity contribution in [1.29, 1.82) is 0 Å². The molecule has 1 fully saturated rings. The normalized spacial score (nSPS) is 15.8. The van der Waals surface area contributed by atoms with Gasteiger partial charge in [0, 0.05) is 11.3 Å². The van der Waals surface area contributed by atoms with E-state index in [-0.39, 0.29) is 18.1 Å². The monoisotopic (exact) mass is 402 g/mol. The Morgan fingerprint density at radius 3 is 2.43 bits per heavy atom. The fourth-order valence-corrected chi connectivity index (χ4v) is 3.89. The molecule has 1 aliphatic rings. The fourth-order valence-electron chi connectivity index (χ4n) is 3.33. The number of hydrogen-bond acceptors (Lipinski definition) is 4. The Bertz CT molecular complexity index is 920. The molecular formula is C21H26N2O4S. The zero-order valence-corrected chi connectivity index (χ0v) is 17.0. The Morgan fingerprint density at radius 2 is 1.79 bits per heavy atom. The van der Waals surface area contributed by atoms with Crippen molar-refractivity contribution in [1.82, 2.24) is 5.32 Å². The van der Waals surface area contributed by atoms with Crippen LogP contribution in [0.3, 0.4) is 0 Å². The number of nitrogens with one attached hydrogen (secondary N) is 2. The van der Waals surface area contributed by atoms with E-state index < -0.39 is 10.0 Å². The maximum atomic E-state index is 12.5. The zero-order chi connectivity index (χ0) is 20.1. The van der Waals surface area contributed by atoms with Gasteiger partial charge in [0.05, 0.1) is 18.4 Å². The second-order valence-electron chi connectivity index (χ2n) is 7.24. The molecular weight excluding hydrogens is 376 g/mol. The number of hydrogen-bond donors (Lipinski definition) is 2. The molecule has 0 saturated heterocycles. The molecule has 0 aromatic heterocycles. The van der Waals surface area contributed by atoms with Crippen molar-refractivity contribution in [3.05, 3.63) is 59.7 Å². The predicted octanol–water partition coefficient (Wildman–Crippen LogP) is 3.87. The number of ether oxygens (including phenoxy) is 1. The SMILES string of the molecule is CC(NC(=O)c1ccc(OC2CCCC2)cc1)c1cccc(NS(C)(=O)=O)c1. The van der Waals surface area contributed by atoms with Crippen LogP contribution in [0.4, 0.5) is 5.69 Å². The smallest absolute Gasteiger partial charge is 0.251 e. The number of carbonyl (C=O) groups is 1. The van der Waals surface area contributed by atoms with Crippen LogP contribution in [0.25, 0.3) is 0 Å². The molecule has 7 heteroatoms. The summed E-state index contributed by atoms with van der Waals surface area (Å²) in [5.74, 6) is 0.595. The third-order valence-electron chi connectivity index (χ3n) is 4.76. The van der Waals surface area contributed by atoms with E-state index >= 15 is 0 Å². The highest BCUT2D eigenvalue weighted by atomic mass is 32.2. The van der Waals surface area contributed by atoms with Crippen molar-refractivity contribution in [3.8, 4) is 5.75 Å². The van der Waals surface area contributed by atoms with Gasteiger partial charge in [0.2, 0.25) is 10.0 Å². The molecule has 150 valence electrons. The third kappa shape index (κ3) is 5.73. The van der Waals surface area contributed by atoms with Gasteiger partial charge in [-0.2, -0.15) is 0 Å². The van der Waals surface area contributed by atoms with Crippen molar-refractivity contribution >= 4 is 21.6 Å². The first kappa shape index (κ1) is 20.2. The van der Waals surface area contributed by atoms with Crippen molar-refractivity contribution < 1.29 is 17.9 Å². The number of carbonyl (C=O) groups excluding carboxylic acids is 1. The topological polar surface area (TPSA) is 84.5 Å². The van der Waals surface area contributed by atoms with E-state index in [0.717, 1.165) is 30.4 Å². The Kier molecular flexibility index (Phi) is 6.24. The fraction of sp³-hybridized carbons (Fsp3) is 0.381. The molecule has 0 aliphatic heterocycles. The predicted molar refractivity (Wildman–Crippen MR) is 110 cm³/mol. The van der Waals surface area contributed by atoms with Gasteiger partial charge in [0.15, 0.2) is 0 Å². The van der Waals surface area contributed by atoms with Crippen LogP contribution in [0.5, 0.6) is 5.75 Å². The summed E-state index contributed by atoms with van der Waals surface area (Å²) in [7, 11) is -3.35. The second-order valence-corrected chi connectivity index (χ2v) is 8.99. The number of anilines is 1. The Hall–Kier alpha value is -2.54. The van der Waals surface area contributed by atoms with Crippen LogP contribution in [-0.4, -0.2) is 26.7 Å². The summed E-state index contributed by atoms with van der Waals surface area (Å²) in [5.41, 5.74) is 1.83. The van der Waals surface area contributed by atoms with E-state index in [0.29, 0.717) is 11.3 Å². The Morgan fingerprint density at radius 1 is 1.11 bits per heavy atom. The minimum Gasteiger partial charge on any atom is -0.490 e. The van der Waals surface area contributed by atoms with Crippen molar-refractivity contribution in [3.63, 3.8) is 0 Å². The van der Waals surface area contributed by atoms with Gasteiger partial charge in [-0.1, -0.05) is 12.1 Å². The summed E-state index contributed by atoms with van der Waals surface area (Å²) in [5, 5.41) is 2.94. The van der Waals surface area contributed by atoms with Gasteiger partial charge in [-0.15, -0.1) is 0 Å². The summed E-state index contributed by atoms with van der Waals surface area (Å²) < 4.78 is 31.1. The van der Waals surface area contributed by atoms with E-state index in [9.17, 15) is 13.2 Å². The summed E-state index contributed by atoms with van der Waals surface area (Å²) in [6.07, 6.45) is 5.99. The molecule has 2 aromatic rings. The average Bonchev–Trinajstić information content (AvgIpc) is 3.14. The van der Waals surface area contributed by atoms with Crippen LogP contribution in [-0.2, 0) is 10.0 Å². The van der Waals surface area contributed by atoms with Crippen LogP contribution in [0.1, 0.15) is 54.6 Å². The van der Waals surface area contributed by atoms with Crippen molar-refractivity contribution in [2.75, 3.05) is 11.0 Å². The molecule has 28 heavy (non-hydrogen) atoms. The Labute approximate surface area is 166 Å². The number of sulfonamides is 1. The van der Waals surface area contributed by atoms with E-state index in [1.807, 2.05) is 25.1 Å². The molecule has 1 saturated carbocycles. The quantitative estimate of drug-likeness (QED) is 0.736. The van der Waals surface area contributed by atoms with Gasteiger partial charge in [-0.25, -0.2) is 8.42 Å². The Balaban J connectivity index is 1.61. The first-order valence-electron chi connectivity index (χ1n) is 9.45. The molecule has 6 nitrogen and oxygen atoms in total. The molecule has 1 amide bonds. The lowest BCUT2D eigenvalue weighted by molar-refractivity contribution is 0.0940. The second kappa shape index (κ2) is 8.65. The summed E-state index contributed by atoms with van der Waals surface area (Å²) >= 11 is 0. The van der Waals surface area contributed by atoms with Gasteiger partial charge in [-0.05, 0) is 74.6 Å². The first-order valence-corrected chi connectivity index (χ1v) is 11.3. The van der Waals surface area contributed by atoms with Crippen LogP contribution in [0, 0.1) is 0 Å². The molecule has 1 atom stereocenters. The van der Waals surface area contributed by atoms with E-state index in [2.05, 4.69) is 10.0 Å². The summed E-state index contributed by atoms with van der Waals surface area (Å²) in [6, 6.07) is 13.9. The van der Waals surface area contributed by atoms with Crippen molar-refractivity contribution in [2.24, 2.45) is 0 Å². The molecule has 2 N–H and O–H groups in total. The molecule has 0 bridgehead atoms. The minimum atomic E-state index is -3.35. The summed E-state index contributed by atoms with van der Waals surface area (Å²) in [4.78, 5) is 12.5. The highest BCUT2D eigenvalue weighted by Gasteiger charge is 2.17. The van der Waals surface area contributed by atoms with Crippen LogP contribution in [0.2, 0.25) is 0 Å². The highest BCUT2D eigenvalue weighted by Crippen LogP contribution is 2.24. The number of benzene rings is 2. The number of amides is 1. The molecule has 2 aromatic carbocycles. The lowest BCUT2D eigenvalue weighted by Gasteiger charge is -2.16. The maximum Gasteiger partial charge on any atom is 0.251 e. The van der Waals surface area contributed by atoms with E-state index in [1.54, 1.807) is 30.3 Å². The first-order chi connectivity index (χ1) is 13.3. The minimum absolute atomic E-state index is 0.193. The van der Waals surface area contributed by atoms with Crippen LogP contribution >= 0.6 is 0 Å². The van der Waals surface area contributed by atoms with Gasteiger partial charge in [-0.3, -0.25) is 9.52 Å². The maximum absolute atomic E-state index is 12.5. The van der Waals surface area contributed by atoms with Gasteiger partial charge >= 0.3 is 0 Å². The number of rotatable bonds is 7. The van der Waals surface area contributed by atoms with Gasteiger partial charge in [0.25, 0.3) is 5.91 Å². The van der Waals surface area contributed by atoms with Gasteiger partial charge < -0.3 is 10.1 Å². The molecule has 0 heterocycles. The lowest BCUT2D eigenvalue weighted by atomic mass is 10.1. The standard InChI is InChI=1S/C21H26N2O4S/c1-15(17-6-5-7-18(14-17)23-28(2,25)26)22-21(24)16-10-12-20(13-11-16)27-19-8-3-4-9-19/h5-7,10-15,19,23H,3-4,8-9H2,1-2H3,(H,22,24). The molecule has 3 rings (SSSR count). The van der Waals surface area contributed by atoms with Crippen LogP contribution in [0.15, 0.2) is 48.5 Å². The lowest BCUT2D eigenvalue weighted by Crippen LogP contribution is -2.26. The van der Waals surface area contributed by atoms with Crippen LogP contribution < -0.4 is 14.8 Å². The van der Waals surface area contributed by atoms with E-state index in [1.165, 1.54) is 12.8 Å². The highest BCUT2D eigenvalue weighted by molar-refractivity contribution is 7.92. The van der Waals surface area contributed by atoms with Crippen molar-refractivity contribution in [2.45, 2.75) is 44.8 Å². The zero-order valence-electron chi connectivity index (χ0n) is 16.1. The van der Waals surface area contributed by atoms with Gasteiger partial charge in [0.1, 0.15) is 5.75 Å². The molecule has 1 aliphatic carbocycles. The third-order valence-corrected chi connectivity index (χ3v) is 5.37. The molecule has 0 radical (unpaired) electrons. The molecule has 1 unspecified atom stereocenters. The summed E-state index contributed by atoms with van der Waals surface area (Å²) in [6.45, 7) is 1.86. The molecule has 0 spiro atoms. The largest absolute Gasteiger partial charge is 0.490 e.